The van der Waals surface area contributed by atoms with Crippen molar-refractivity contribution in [2.45, 2.75) is 40.0 Å². The standard InChI is InChI=1S/C16H22N6OS/c1-4-13-20-21-16(24-13)19-14(23)12-6-5-7-22(9-12)15-17-10(2)8-11(3)18-15/h8,12H,4-7,9H2,1-3H3,(H,19,21,23)/t12-/m1/s1. The maximum atomic E-state index is 12.5. The van der Waals surface area contributed by atoms with Gasteiger partial charge in [0.05, 0.1) is 5.92 Å². The van der Waals surface area contributed by atoms with E-state index in [1.807, 2.05) is 26.8 Å². The smallest absolute Gasteiger partial charge is 0.231 e. The molecule has 24 heavy (non-hydrogen) atoms. The molecule has 1 amide bonds. The Labute approximate surface area is 145 Å². The summed E-state index contributed by atoms with van der Waals surface area (Å²) in [5.74, 6) is 0.634. The Morgan fingerprint density at radius 3 is 2.75 bits per heavy atom. The Hall–Kier alpha value is -2.09. The van der Waals surface area contributed by atoms with E-state index in [1.54, 1.807) is 0 Å². The predicted octanol–water partition coefficient (Wildman–Crippen LogP) is 2.36. The Morgan fingerprint density at radius 1 is 1.33 bits per heavy atom. The molecule has 0 radical (unpaired) electrons. The number of nitrogens with one attached hydrogen (secondary N) is 1. The summed E-state index contributed by atoms with van der Waals surface area (Å²) in [4.78, 5) is 23.7. The van der Waals surface area contributed by atoms with Crippen molar-refractivity contribution in [3.8, 4) is 0 Å². The van der Waals surface area contributed by atoms with E-state index in [1.165, 1.54) is 11.3 Å². The number of carbonyl (C=O) groups excluding carboxylic acids is 1. The highest BCUT2D eigenvalue weighted by molar-refractivity contribution is 7.15. The molecule has 1 saturated heterocycles. The quantitative estimate of drug-likeness (QED) is 0.915. The SMILES string of the molecule is CCc1nnc(NC(=O)[C@@H]2CCCN(c3nc(C)cc(C)n3)C2)s1. The van der Waals surface area contributed by atoms with E-state index in [4.69, 9.17) is 0 Å². The molecule has 0 aliphatic carbocycles. The molecule has 0 aromatic carbocycles. The van der Waals surface area contributed by atoms with Gasteiger partial charge in [0.1, 0.15) is 5.01 Å². The summed E-state index contributed by atoms with van der Waals surface area (Å²) in [6, 6.07) is 1.96. The van der Waals surface area contributed by atoms with E-state index in [2.05, 4.69) is 30.4 Å². The number of rotatable bonds is 4. The Bertz CT molecular complexity index is 711. The highest BCUT2D eigenvalue weighted by atomic mass is 32.1. The lowest BCUT2D eigenvalue weighted by Gasteiger charge is -2.32. The van der Waals surface area contributed by atoms with E-state index in [0.29, 0.717) is 17.6 Å². The molecule has 1 aliphatic heterocycles. The first-order valence-corrected chi connectivity index (χ1v) is 9.07. The average molecular weight is 346 g/mol. The maximum absolute atomic E-state index is 12.5. The fraction of sp³-hybridized carbons (Fsp3) is 0.562. The third-order valence-electron chi connectivity index (χ3n) is 4.04. The Morgan fingerprint density at radius 2 is 2.08 bits per heavy atom. The van der Waals surface area contributed by atoms with Crippen LogP contribution in [0.5, 0.6) is 0 Å². The van der Waals surface area contributed by atoms with Crippen LogP contribution in [-0.4, -0.2) is 39.2 Å². The first-order valence-electron chi connectivity index (χ1n) is 8.25. The molecule has 2 aromatic heterocycles. The summed E-state index contributed by atoms with van der Waals surface area (Å²) >= 11 is 1.43. The van der Waals surface area contributed by atoms with Crippen LogP contribution in [0.3, 0.4) is 0 Å². The molecule has 0 unspecified atom stereocenters. The minimum Gasteiger partial charge on any atom is -0.340 e. The van der Waals surface area contributed by atoms with Crippen LogP contribution in [-0.2, 0) is 11.2 Å². The van der Waals surface area contributed by atoms with Crippen LogP contribution >= 0.6 is 11.3 Å². The van der Waals surface area contributed by atoms with Gasteiger partial charge in [-0.05, 0) is 39.2 Å². The van der Waals surface area contributed by atoms with Gasteiger partial charge in [0.2, 0.25) is 17.0 Å². The number of amides is 1. The number of piperidine rings is 1. The molecule has 0 bridgehead atoms. The Balaban J connectivity index is 1.67. The van der Waals surface area contributed by atoms with E-state index in [-0.39, 0.29) is 11.8 Å². The van der Waals surface area contributed by atoms with Crippen LogP contribution in [0.25, 0.3) is 0 Å². The van der Waals surface area contributed by atoms with Crippen molar-refractivity contribution >= 4 is 28.3 Å². The fourth-order valence-electron chi connectivity index (χ4n) is 2.88. The van der Waals surface area contributed by atoms with Crippen LogP contribution in [0.2, 0.25) is 0 Å². The van der Waals surface area contributed by atoms with Gasteiger partial charge in [-0.3, -0.25) is 4.79 Å². The molecule has 3 rings (SSSR count). The van der Waals surface area contributed by atoms with Gasteiger partial charge < -0.3 is 10.2 Å². The normalized spacial score (nSPS) is 17.8. The van der Waals surface area contributed by atoms with E-state index in [9.17, 15) is 4.79 Å². The lowest BCUT2D eigenvalue weighted by atomic mass is 9.97. The number of hydrogen-bond acceptors (Lipinski definition) is 7. The topological polar surface area (TPSA) is 83.9 Å². The van der Waals surface area contributed by atoms with E-state index < -0.39 is 0 Å². The van der Waals surface area contributed by atoms with Crippen molar-refractivity contribution in [2.75, 3.05) is 23.3 Å². The summed E-state index contributed by atoms with van der Waals surface area (Å²) in [5, 5.41) is 12.5. The monoisotopic (exact) mass is 346 g/mol. The van der Waals surface area contributed by atoms with Crippen LogP contribution in [0.4, 0.5) is 11.1 Å². The molecule has 128 valence electrons. The first kappa shape index (κ1) is 16.8. The van der Waals surface area contributed by atoms with Gasteiger partial charge in [-0.2, -0.15) is 0 Å². The molecule has 1 fully saturated rings. The van der Waals surface area contributed by atoms with Gasteiger partial charge in [-0.15, -0.1) is 10.2 Å². The molecular weight excluding hydrogens is 324 g/mol. The predicted molar refractivity (Wildman–Crippen MR) is 94.4 cm³/mol. The molecule has 7 nitrogen and oxygen atoms in total. The third-order valence-corrected chi connectivity index (χ3v) is 5.03. The minimum atomic E-state index is -0.0860. The largest absolute Gasteiger partial charge is 0.340 e. The van der Waals surface area contributed by atoms with Crippen molar-refractivity contribution in [3.63, 3.8) is 0 Å². The third kappa shape index (κ3) is 3.87. The summed E-state index contributed by atoms with van der Waals surface area (Å²) in [6.07, 6.45) is 2.64. The Kier molecular flexibility index (Phi) is 5.03. The second-order valence-corrected chi connectivity index (χ2v) is 7.14. The summed E-state index contributed by atoms with van der Waals surface area (Å²) < 4.78 is 0. The van der Waals surface area contributed by atoms with Crippen LogP contribution < -0.4 is 10.2 Å². The molecule has 0 spiro atoms. The van der Waals surface area contributed by atoms with Gasteiger partial charge in [0.25, 0.3) is 0 Å². The van der Waals surface area contributed by atoms with Crippen molar-refractivity contribution in [2.24, 2.45) is 5.92 Å². The lowest BCUT2D eigenvalue weighted by Crippen LogP contribution is -2.41. The number of anilines is 2. The average Bonchev–Trinajstić information content (AvgIpc) is 3.01. The maximum Gasteiger partial charge on any atom is 0.231 e. The van der Waals surface area contributed by atoms with Crippen molar-refractivity contribution in [1.29, 1.82) is 0 Å². The van der Waals surface area contributed by atoms with Crippen molar-refractivity contribution in [1.82, 2.24) is 20.2 Å². The summed E-state index contributed by atoms with van der Waals surface area (Å²) in [7, 11) is 0. The zero-order valence-electron chi connectivity index (χ0n) is 14.2. The number of carbonyl (C=O) groups is 1. The zero-order valence-corrected chi connectivity index (χ0v) is 15.1. The molecule has 1 N–H and O–H groups in total. The van der Waals surface area contributed by atoms with Gasteiger partial charge in [-0.1, -0.05) is 18.3 Å². The molecule has 1 aliphatic rings. The van der Waals surface area contributed by atoms with Gasteiger partial charge >= 0.3 is 0 Å². The molecule has 1 atom stereocenters. The second kappa shape index (κ2) is 7.21. The molecular formula is C16H22N6OS. The van der Waals surface area contributed by atoms with Crippen LogP contribution in [0.15, 0.2) is 6.07 Å². The minimum absolute atomic E-state index is 0.00266. The van der Waals surface area contributed by atoms with Crippen molar-refractivity contribution in [3.05, 3.63) is 22.5 Å². The van der Waals surface area contributed by atoms with Crippen molar-refractivity contribution < 1.29 is 4.79 Å². The zero-order chi connectivity index (χ0) is 17.1. The number of aryl methyl sites for hydroxylation is 3. The molecule has 2 aromatic rings. The van der Waals surface area contributed by atoms with Crippen LogP contribution in [0.1, 0.15) is 36.2 Å². The van der Waals surface area contributed by atoms with E-state index in [0.717, 1.165) is 42.2 Å². The summed E-state index contributed by atoms with van der Waals surface area (Å²) in [5.41, 5.74) is 1.90. The first-order chi connectivity index (χ1) is 11.5. The number of hydrogen-bond donors (Lipinski definition) is 1. The van der Waals surface area contributed by atoms with E-state index >= 15 is 0 Å². The summed E-state index contributed by atoms with van der Waals surface area (Å²) in [6.45, 7) is 7.47. The van der Waals surface area contributed by atoms with Gasteiger partial charge in [-0.25, -0.2) is 9.97 Å². The van der Waals surface area contributed by atoms with Gasteiger partial charge in [0.15, 0.2) is 0 Å². The molecule has 3 heterocycles. The lowest BCUT2D eigenvalue weighted by molar-refractivity contribution is -0.120. The molecule has 8 heteroatoms. The number of nitrogens with zero attached hydrogens (tertiary/aromatic N) is 5. The second-order valence-electron chi connectivity index (χ2n) is 6.08. The highest BCUT2D eigenvalue weighted by Gasteiger charge is 2.28. The molecule has 0 saturated carbocycles. The number of aromatic nitrogens is 4. The fourth-order valence-corrected chi connectivity index (χ4v) is 3.56. The highest BCUT2D eigenvalue weighted by Crippen LogP contribution is 2.23. The van der Waals surface area contributed by atoms with Gasteiger partial charge in [0, 0.05) is 24.5 Å². The van der Waals surface area contributed by atoms with Crippen LogP contribution in [0, 0.1) is 19.8 Å².